The molecule has 0 spiro atoms. The molecule has 0 saturated heterocycles. The van der Waals surface area contributed by atoms with E-state index in [1.165, 1.54) is 16.7 Å². The molecule has 2 nitrogen and oxygen atoms in total. The number of hydrogen-bond acceptors (Lipinski definition) is 2. The molecule has 0 aromatic heterocycles. The van der Waals surface area contributed by atoms with E-state index in [-0.39, 0.29) is 6.04 Å². The van der Waals surface area contributed by atoms with Gasteiger partial charge in [-0.2, -0.15) is 0 Å². The first-order valence-electron chi connectivity index (χ1n) is 7.06. The topological polar surface area (TPSA) is 35.2 Å². The molecule has 2 aromatic carbocycles. The summed E-state index contributed by atoms with van der Waals surface area (Å²) in [5.41, 5.74) is 11.3. The maximum absolute atomic E-state index is 6.30. The van der Waals surface area contributed by atoms with Gasteiger partial charge in [0.2, 0.25) is 0 Å². The van der Waals surface area contributed by atoms with Crippen molar-refractivity contribution < 1.29 is 4.74 Å². The average Bonchev–Trinajstić information content (AvgIpc) is 2.44. The molecule has 0 radical (unpaired) electrons. The summed E-state index contributed by atoms with van der Waals surface area (Å²) in [5, 5.41) is 0. The molecule has 0 heterocycles. The summed E-state index contributed by atoms with van der Waals surface area (Å²) in [5.74, 6) is 0.916. The normalized spacial score (nSPS) is 12.2. The van der Waals surface area contributed by atoms with Gasteiger partial charge in [-0.05, 0) is 49.4 Å². The number of nitrogens with two attached hydrogens (primary N) is 1. The van der Waals surface area contributed by atoms with Crippen LogP contribution in [0.1, 0.15) is 34.7 Å². The molecule has 0 aliphatic heterocycles. The molecule has 106 valence electrons. The van der Waals surface area contributed by atoms with Crippen LogP contribution < -0.4 is 10.5 Å². The van der Waals surface area contributed by atoms with Crippen LogP contribution in [0.2, 0.25) is 0 Å². The molecular formula is C18H23NO. The maximum Gasteiger partial charge on any atom is 0.121 e. The largest absolute Gasteiger partial charge is 0.496 e. The van der Waals surface area contributed by atoms with E-state index in [1.54, 1.807) is 7.11 Å². The molecular weight excluding hydrogens is 246 g/mol. The van der Waals surface area contributed by atoms with Gasteiger partial charge in [-0.15, -0.1) is 0 Å². The van der Waals surface area contributed by atoms with Crippen LogP contribution in [0.4, 0.5) is 0 Å². The first kappa shape index (κ1) is 14.6. The third-order valence-corrected chi connectivity index (χ3v) is 3.67. The van der Waals surface area contributed by atoms with E-state index in [1.807, 2.05) is 6.07 Å². The highest BCUT2D eigenvalue weighted by molar-refractivity contribution is 5.37. The second-order valence-electron chi connectivity index (χ2n) is 5.36. The molecule has 1 unspecified atom stereocenters. The number of methoxy groups -OCH3 is 1. The zero-order valence-electron chi connectivity index (χ0n) is 12.5. The molecule has 2 heteroatoms. The Morgan fingerprint density at radius 3 is 2.55 bits per heavy atom. The fourth-order valence-corrected chi connectivity index (χ4v) is 2.49. The van der Waals surface area contributed by atoms with Crippen LogP contribution >= 0.6 is 0 Å². The standard InChI is InChI=1S/C18H23NO/c1-13-5-4-6-15(11-13)7-9-17(19)16-8-10-18(20-3)14(2)12-16/h4-6,8,10-12,17H,7,9,19H2,1-3H3. The molecule has 0 saturated carbocycles. The fraction of sp³-hybridized carbons (Fsp3) is 0.333. The minimum atomic E-state index is 0.0696. The Balaban J connectivity index is 2.01. The van der Waals surface area contributed by atoms with Gasteiger partial charge in [-0.25, -0.2) is 0 Å². The van der Waals surface area contributed by atoms with Crippen molar-refractivity contribution in [3.63, 3.8) is 0 Å². The van der Waals surface area contributed by atoms with E-state index >= 15 is 0 Å². The van der Waals surface area contributed by atoms with Crippen molar-refractivity contribution in [2.24, 2.45) is 5.73 Å². The van der Waals surface area contributed by atoms with Gasteiger partial charge in [0.1, 0.15) is 5.75 Å². The lowest BCUT2D eigenvalue weighted by Crippen LogP contribution is -2.11. The lowest BCUT2D eigenvalue weighted by Gasteiger charge is -2.14. The monoisotopic (exact) mass is 269 g/mol. The number of rotatable bonds is 5. The van der Waals surface area contributed by atoms with Gasteiger partial charge in [0.05, 0.1) is 7.11 Å². The molecule has 2 rings (SSSR count). The van der Waals surface area contributed by atoms with E-state index in [0.29, 0.717) is 0 Å². The Morgan fingerprint density at radius 1 is 1.10 bits per heavy atom. The highest BCUT2D eigenvalue weighted by atomic mass is 16.5. The summed E-state index contributed by atoms with van der Waals surface area (Å²) >= 11 is 0. The number of ether oxygens (including phenoxy) is 1. The molecule has 2 N–H and O–H groups in total. The van der Waals surface area contributed by atoms with Gasteiger partial charge >= 0.3 is 0 Å². The van der Waals surface area contributed by atoms with Crippen LogP contribution in [0, 0.1) is 13.8 Å². The Kier molecular flexibility index (Phi) is 4.80. The predicted octanol–water partition coefficient (Wildman–Crippen LogP) is 3.94. The Morgan fingerprint density at radius 2 is 1.90 bits per heavy atom. The fourth-order valence-electron chi connectivity index (χ4n) is 2.49. The summed E-state index contributed by atoms with van der Waals surface area (Å²) in [6, 6.07) is 14.9. The van der Waals surface area contributed by atoms with Crippen LogP contribution in [0.25, 0.3) is 0 Å². The van der Waals surface area contributed by atoms with Crippen LogP contribution in [0.15, 0.2) is 42.5 Å². The van der Waals surface area contributed by atoms with Gasteiger partial charge in [-0.3, -0.25) is 0 Å². The Labute approximate surface area is 121 Å². The van der Waals surface area contributed by atoms with Crippen LogP contribution in [0.5, 0.6) is 5.75 Å². The van der Waals surface area contributed by atoms with E-state index in [0.717, 1.165) is 24.2 Å². The van der Waals surface area contributed by atoms with Crippen molar-refractivity contribution in [1.29, 1.82) is 0 Å². The zero-order chi connectivity index (χ0) is 14.5. The quantitative estimate of drug-likeness (QED) is 0.892. The first-order valence-corrected chi connectivity index (χ1v) is 7.06. The lowest BCUT2D eigenvalue weighted by molar-refractivity contribution is 0.411. The molecule has 1 atom stereocenters. The SMILES string of the molecule is COc1ccc(C(N)CCc2cccc(C)c2)cc1C. The summed E-state index contributed by atoms with van der Waals surface area (Å²) in [6.07, 6.45) is 1.96. The van der Waals surface area contributed by atoms with Gasteiger partial charge in [0, 0.05) is 6.04 Å². The van der Waals surface area contributed by atoms with Crippen molar-refractivity contribution >= 4 is 0 Å². The van der Waals surface area contributed by atoms with Crippen molar-refractivity contribution in [2.75, 3.05) is 7.11 Å². The third-order valence-electron chi connectivity index (χ3n) is 3.67. The lowest BCUT2D eigenvalue weighted by atomic mass is 9.97. The average molecular weight is 269 g/mol. The highest BCUT2D eigenvalue weighted by Crippen LogP contribution is 2.24. The van der Waals surface area contributed by atoms with E-state index in [4.69, 9.17) is 10.5 Å². The van der Waals surface area contributed by atoms with Crippen LogP contribution in [-0.2, 0) is 6.42 Å². The maximum atomic E-state index is 6.30. The van der Waals surface area contributed by atoms with E-state index < -0.39 is 0 Å². The van der Waals surface area contributed by atoms with Crippen molar-refractivity contribution in [1.82, 2.24) is 0 Å². The van der Waals surface area contributed by atoms with Gasteiger partial charge in [0.15, 0.2) is 0 Å². The second kappa shape index (κ2) is 6.58. The van der Waals surface area contributed by atoms with Gasteiger partial charge < -0.3 is 10.5 Å². The summed E-state index contributed by atoms with van der Waals surface area (Å²) < 4.78 is 5.28. The van der Waals surface area contributed by atoms with Gasteiger partial charge in [0.25, 0.3) is 0 Å². The summed E-state index contributed by atoms with van der Waals surface area (Å²) in [6.45, 7) is 4.17. The molecule has 2 aromatic rings. The highest BCUT2D eigenvalue weighted by Gasteiger charge is 2.08. The van der Waals surface area contributed by atoms with Crippen molar-refractivity contribution in [3.8, 4) is 5.75 Å². The first-order chi connectivity index (χ1) is 9.60. The molecule has 0 fully saturated rings. The minimum absolute atomic E-state index is 0.0696. The number of benzene rings is 2. The minimum Gasteiger partial charge on any atom is -0.496 e. The molecule has 0 aliphatic rings. The van der Waals surface area contributed by atoms with Gasteiger partial charge in [-0.1, -0.05) is 42.0 Å². The number of aryl methyl sites for hydroxylation is 3. The zero-order valence-corrected chi connectivity index (χ0v) is 12.5. The predicted molar refractivity (Wildman–Crippen MR) is 84.2 cm³/mol. The Hall–Kier alpha value is -1.80. The van der Waals surface area contributed by atoms with E-state index in [9.17, 15) is 0 Å². The Bertz CT molecular complexity index is 577. The van der Waals surface area contributed by atoms with Crippen LogP contribution in [0.3, 0.4) is 0 Å². The third kappa shape index (κ3) is 3.61. The summed E-state index contributed by atoms with van der Waals surface area (Å²) in [4.78, 5) is 0. The van der Waals surface area contributed by atoms with Crippen LogP contribution in [-0.4, -0.2) is 7.11 Å². The summed E-state index contributed by atoms with van der Waals surface area (Å²) in [7, 11) is 1.69. The van der Waals surface area contributed by atoms with Crippen molar-refractivity contribution in [3.05, 3.63) is 64.7 Å². The molecule has 20 heavy (non-hydrogen) atoms. The molecule has 0 bridgehead atoms. The smallest absolute Gasteiger partial charge is 0.121 e. The van der Waals surface area contributed by atoms with E-state index in [2.05, 4.69) is 50.2 Å². The second-order valence-corrected chi connectivity index (χ2v) is 5.36. The molecule has 0 amide bonds. The molecule has 0 aliphatic carbocycles. The van der Waals surface area contributed by atoms with Crippen molar-refractivity contribution in [2.45, 2.75) is 32.7 Å². The number of hydrogen-bond donors (Lipinski definition) is 1.